The molecule has 3 aromatic carbocycles. The lowest BCUT2D eigenvalue weighted by molar-refractivity contribution is 0.101. The number of phenols is 1. The molecule has 5 heteroatoms. The maximum absolute atomic E-state index is 12.5. The number of carbonyl (C=O) groups is 2. The maximum Gasteiger partial charge on any atom is 0.255 e. The Morgan fingerprint density at radius 1 is 0.731 bits per heavy atom. The van der Waals surface area contributed by atoms with Crippen LogP contribution in [0.1, 0.15) is 26.3 Å². The number of anilines is 2. The van der Waals surface area contributed by atoms with E-state index in [9.17, 15) is 14.7 Å². The Labute approximate surface area is 151 Å². The van der Waals surface area contributed by atoms with Crippen LogP contribution in [0, 0.1) is 6.92 Å². The summed E-state index contributed by atoms with van der Waals surface area (Å²) in [6.07, 6.45) is 0. The van der Waals surface area contributed by atoms with E-state index in [1.54, 1.807) is 60.7 Å². The molecule has 0 atom stereocenters. The van der Waals surface area contributed by atoms with Crippen LogP contribution in [-0.2, 0) is 0 Å². The van der Waals surface area contributed by atoms with Crippen LogP contribution >= 0.6 is 0 Å². The zero-order valence-electron chi connectivity index (χ0n) is 14.2. The minimum absolute atomic E-state index is 0.00874. The zero-order chi connectivity index (χ0) is 18.5. The summed E-state index contributed by atoms with van der Waals surface area (Å²) < 4.78 is 0. The van der Waals surface area contributed by atoms with E-state index in [0.717, 1.165) is 5.56 Å². The molecular formula is C21H18N2O3. The molecule has 3 rings (SSSR count). The first-order chi connectivity index (χ1) is 12.5. The van der Waals surface area contributed by atoms with Crippen LogP contribution in [-0.4, -0.2) is 16.9 Å². The van der Waals surface area contributed by atoms with Crippen LogP contribution in [0.4, 0.5) is 11.4 Å². The van der Waals surface area contributed by atoms with Crippen LogP contribution in [0.3, 0.4) is 0 Å². The van der Waals surface area contributed by atoms with E-state index in [4.69, 9.17) is 0 Å². The molecule has 3 N–H and O–H groups in total. The molecule has 0 aliphatic rings. The van der Waals surface area contributed by atoms with Crippen molar-refractivity contribution in [2.24, 2.45) is 0 Å². The van der Waals surface area contributed by atoms with Crippen molar-refractivity contribution in [3.05, 3.63) is 89.5 Å². The third-order valence-electron chi connectivity index (χ3n) is 3.94. The number of amides is 2. The lowest BCUT2D eigenvalue weighted by Crippen LogP contribution is -2.15. The van der Waals surface area contributed by atoms with E-state index in [1.165, 1.54) is 6.07 Å². The van der Waals surface area contributed by atoms with Gasteiger partial charge in [0.2, 0.25) is 0 Å². The van der Waals surface area contributed by atoms with E-state index in [0.29, 0.717) is 22.5 Å². The van der Waals surface area contributed by atoms with Crippen molar-refractivity contribution in [3.63, 3.8) is 0 Å². The third kappa shape index (κ3) is 3.89. The van der Waals surface area contributed by atoms with Crippen LogP contribution in [0.2, 0.25) is 0 Å². The number of aromatic hydroxyl groups is 1. The number of hydrogen-bond acceptors (Lipinski definition) is 3. The van der Waals surface area contributed by atoms with Gasteiger partial charge < -0.3 is 15.7 Å². The SMILES string of the molecule is Cc1ccc(C(=O)Nc2ccccc2O)cc1NC(=O)c1ccccc1. The molecule has 0 saturated carbocycles. The molecule has 0 saturated heterocycles. The van der Waals surface area contributed by atoms with E-state index >= 15 is 0 Å². The van der Waals surface area contributed by atoms with Crippen molar-refractivity contribution < 1.29 is 14.7 Å². The van der Waals surface area contributed by atoms with Crippen LogP contribution in [0.25, 0.3) is 0 Å². The van der Waals surface area contributed by atoms with Crippen molar-refractivity contribution >= 4 is 23.2 Å². The number of carbonyl (C=O) groups excluding carboxylic acids is 2. The summed E-state index contributed by atoms with van der Waals surface area (Å²) >= 11 is 0. The van der Waals surface area contributed by atoms with E-state index < -0.39 is 0 Å². The largest absolute Gasteiger partial charge is 0.506 e. The van der Waals surface area contributed by atoms with Gasteiger partial charge in [-0.3, -0.25) is 9.59 Å². The quantitative estimate of drug-likeness (QED) is 0.619. The van der Waals surface area contributed by atoms with Gasteiger partial charge in [-0.25, -0.2) is 0 Å². The molecule has 0 aromatic heterocycles. The molecule has 3 aromatic rings. The first kappa shape index (κ1) is 17.2. The number of aryl methyl sites for hydroxylation is 1. The number of hydrogen-bond donors (Lipinski definition) is 3. The molecule has 0 bridgehead atoms. The highest BCUT2D eigenvalue weighted by Gasteiger charge is 2.12. The Morgan fingerprint density at radius 2 is 1.35 bits per heavy atom. The molecule has 0 unspecified atom stereocenters. The molecule has 5 nitrogen and oxygen atoms in total. The van der Waals surface area contributed by atoms with Crippen molar-refractivity contribution in [1.82, 2.24) is 0 Å². The smallest absolute Gasteiger partial charge is 0.255 e. The average molecular weight is 346 g/mol. The van der Waals surface area contributed by atoms with Crippen molar-refractivity contribution in [1.29, 1.82) is 0 Å². The van der Waals surface area contributed by atoms with Gasteiger partial charge in [-0.1, -0.05) is 36.4 Å². The van der Waals surface area contributed by atoms with Gasteiger partial charge in [0.25, 0.3) is 11.8 Å². The molecule has 0 spiro atoms. The number of benzene rings is 3. The maximum atomic E-state index is 12.5. The molecule has 0 aliphatic carbocycles. The van der Waals surface area contributed by atoms with Crippen LogP contribution in [0.15, 0.2) is 72.8 Å². The molecule has 130 valence electrons. The predicted octanol–water partition coefficient (Wildman–Crippen LogP) is 4.21. The topological polar surface area (TPSA) is 78.4 Å². The lowest BCUT2D eigenvalue weighted by Gasteiger charge is -2.12. The van der Waals surface area contributed by atoms with Gasteiger partial charge in [0.15, 0.2) is 0 Å². The van der Waals surface area contributed by atoms with Crippen LogP contribution in [0.5, 0.6) is 5.75 Å². The summed E-state index contributed by atoms with van der Waals surface area (Å²) in [6, 6.07) is 20.4. The summed E-state index contributed by atoms with van der Waals surface area (Å²) in [7, 11) is 0. The van der Waals surface area contributed by atoms with Gasteiger partial charge in [0, 0.05) is 16.8 Å². The molecule has 2 amide bonds. The molecule has 26 heavy (non-hydrogen) atoms. The second-order valence-electron chi connectivity index (χ2n) is 5.82. The Balaban J connectivity index is 1.80. The van der Waals surface area contributed by atoms with Crippen molar-refractivity contribution in [3.8, 4) is 5.75 Å². The Hall–Kier alpha value is -3.60. The minimum Gasteiger partial charge on any atom is -0.506 e. The fraction of sp³-hybridized carbons (Fsp3) is 0.0476. The van der Waals surface area contributed by atoms with Crippen molar-refractivity contribution in [2.75, 3.05) is 10.6 Å². The Bertz CT molecular complexity index is 952. The fourth-order valence-corrected chi connectivity index (χ4v) is 2.46. The zero-order valence-corrected chi connectivity index (χ0v) is 14.2. The third-order valence-corrected chi connectivity index (χ3v) is 3.94. The van der Waals surface area contributed by atoms with Crippen LogP contribution < -0.4 is 10.6 Å². The highest BCUT2D eigenvalue weighted by molar-refractivity contribution is 6.08. The Kier molecular flexibility index (Phi) is 4.99. The molecule has 0 fully saturated rings. The number of rotatable bonds is 4. The summed E-state index contributed by atoms with van der Waals surface area (Å²) in [6.45, 7) is 1.85. The predicted molar refractivity (Wildman–Crippen MR) is 102 cm³/mol. The summed E-state index contributed by atoms with van der Waals surface area (Å²) in [5.74, 6) is -0.626. The molecule has 0 heterocycles. The summed E-state index contributed by atoms with van der Waals surface area (Å²) in [5.41, 5.74) is 2.64. The van der Waals surface area contributed by atoms with Gasteiger partial charge in [-0.15, -0.1) is 0 Å². The van der Waals surface area contributed by atoms with Gasteiger partial charge in [-0.05, 0) is 48.9 Å². The normalized spacial score (nSPS) is 10.2. The Morgan fingerprint density at radius 3 is 2.08 bits per heavy atom. The standard InChI is InChI=1S/C21H18N2O3/c1-14-11-12-16(21(26)22-17-9-5-6-10-19(17)24)13-18(14)23-20(25)15-7-3-2-4-8-15/h2-13,24H,1H3,(H,22,26)(H,23,25). The molecule has 0 radical (unpaired) electrons. The summed E-state index contributed by atoms with van der Waals surface area (Å²) in [5, 5.41) is 15.3. The molecule has 0 aliphatic heterocycles. The molecular weight excluding hydrogens is 328 g/mol. The number of phenolic OH excluding ortho intramolecular Hbond substituents is 1. The fourth-order valence-electron chi connectivity index (χ4n) is 2.46. The monoisotopic (exact) mass is 346 g/mol. The summed E-state index contributed by atoms with van der Waals surface area (Å²) in [4.78, 5) is 24.8. The first-order valence-corrected chi connectivity index (χ1v) is 8.11. The van der Waals surface area contributed by atoms with Gasteiger partial charge in [0.05, 0.1) is 5.69 Å². The lowest BCUT2D eigenvalue weighted by atomic mass is 10.1. The first-order valence-electron chi connectivity index (χ1n) is 8.11. The van der Waals surface area contributed by atoms with E-state index in [-0.39, 0.29) is 17.6 Å². The van der Waals surface area contributed by atoms with E-state index in [2.05, 4.69) is 10.6 Å². The number of para-hydroxylation sites is 2. The van der Waals surface area contributed by atoms with E-state index in [1.807, 2.05) is 13.0 Å². The minimum atomic E-state index is -0.373. The second-order valence-corrected chi connectivity index (χ2v) is 5.82. The number of nitrogens with one attached hydrogen (secondary N) is 2. The van der Waals surface area contributed by atoms with Gasteiger partial charge in [0.1, 0.15) is 5.75 Å². The van der Waals surface area contributed by atoms with Crippen molar-refractivity contribution in [2.45, 2.75) is 6.92 Å². The highest BCUT2D eigenvalue weighted by atomic mass is 16.3. The average Bonchev–Trinajstić information content (AvgIpc) is 2.66. The second kappa shape index (κ2) is 7.53. The van der Waals surface area contributed by atoms with Gasteiger partial charge >= 0.3 is 0 Å². The van der Waals surface area contributed by atoms with Gasteiger partial charge in [-0.2, -0.15) is 0 Å². The highest BCUT2D eigenvalue weighted by Crippen LogP contribution is 2.23.